The summed E-state index contributed by atoms with van der Waals surface area (Å²) in [6.45, 7) is 5.50. The molecule has 0 spiro atoms. The van der Waals surface area contributed by atoms with E-state index in [9.17, 15) is 9.59 Å². The molecule has 3 heterocycles. The quantitative estimate of drug-likeness (QED) is 0.882. The second-order valence-corrected chi connectivity index (χ2v) is 7.66. The molecule has 1 saturated carbocycles. The van der Waals surface area contributed by atoms with E-state index in [1.54, 1.807) is 11.8 Å². The minimum absolute atomic E-state index is 0.00336. The molecule has 1 atom stereocenters. The third-order valence-corrected chi connectivity index (χ3v) is 5.63. The van der Waals surface area contributed by atoms with Gasteiger partial charge in [-0.2, -0.15) is 0 Å². The third-order valence-electron chi connectivity index (χ3n) is 5.63. The van der Waals surface area contributed by atoms with Crippen LogP contribution >= 0.6 is 0 Å². The highest BCUT2D eigenvalue weighted by Gasteiger charge is 2.36. The second-order valence-electron chi connectivity index (χ2n) is 7.66. The molecule has 7 heteroatoms. The number of hydrogen-bond acceptors (Lipinski definition) is 5. The van der Waals surface area contributed by atoms with Crippen LogP contribution in [0.25, 0.3) is 0 Å². The first-order chi connectivity index (χ1) is 12.5. The van der Waals surface area contributed by atoms with Crippen molar-refractivity contribution in [3.63, 3.8) is 0 Å². The topological polar surface area (TPSA) is 78.4 Å². The molecule has 1 aliphatic carbocycles. The van der Waals surface area contributed by atoms with Crippen LogP contribution in [-0.4, -0.2) is 63.3 Å². The van der Waals surface area contributed by atoms with E-state index in [-0.39, 0.29) is 17.9 Å². The number of aryl methyl sites for hydroxylation is 1. The summed E-state index contributed by atoms with van der Waals surface area (Å²) in [5.41, 5.74) is 2.22. The van der Waals surface area contributed by atoms with Crippen LogP contribution in [0.15, 0.2) is 0 Å². The molecule has 140 valence electrons. The van der Waals surface area contributed by atoms with Crippen LogP contribution in [0.5, 0.6) is 0 Å². The molecule has 26 heavy (non-hydrogen) atoms. The largest absolute Gasteiger partial charge is 0.367 e. The second kappa shape index (κ2) is 6.85. The van der Waals surface area contributed by atoms with Crippen molar-refractivity contribution >= 4 is 17.6 Å². The first kappa shape index (κ1) is 17.2. The fourth-order valence-electron chi connectivity index (χ4n) is 4.09. The Morgan fingerprint density at radius 1 is 1.08 bits per heavy atom. The van der Waals surface area contributed by atoms with Crippen LogP contribution in [0.2, 0.25) is 0 Å². The minimum atomic E-state index is -0.286. The van der Waals surface area contributed by atoms with Gasteiger partial charge in [0.25, 0.3) is 0 Å². The Bertz CT molecular complexity index is 731. The van der Waals surface area contributed by atoms with Gasteiger partial charge in [0.1, 0.15) is 17.7 Å². The fourth-order valence-corrected chi connectivity index (χ4v) is 4.09. The van der Waals surface area contributed by atoms with Gasteiger partial charge in [-0.25, -0.2) is 9.97 Å². The number of nitrogens with zero attached hydrogens (tertiary/aromatic N) is 4. The first-order valence-electron chi connectivity index (χ1n) is 9.72. The average Bonchev–Trinajstić information content (AvgIpc) is 3.31. The lowest BCUT2D eigenvalue weighted by Crippen LogP contribution is -2.48. The van der Waals surface area contributed by atoms with E-state index in [1.165, 1.54) is 12.8 Å². The van der Waals surface area contributed by atoms with Crippen molar-refractivity contribution in [1.29, 1.82) is 0 Å². The number of carbonyl (C=O) groups is 2. The van der Waals surface area contributed by atoms with Crippen molar-refractivity contribution in [1.82, 2.24) is 19.8 Å². The van der Waals surface area contributed by atoms with Gasteiger partial charge in [-0.05, 0) is 39.0 Å². The SMILES string of the molecule is CC(=O)N1CCC[C@H]1C(=O)N1CCc2nc(C)nc(NC3CC3)c2CC1. The standard InChI is InChI=1S/C19H27N5O2/c1-12-20-16-8-11-23(19(26)17-4-3-9-24(17)13(2)25)10-7-15(16)18(21-12)22-14-5-6-14/h14,17H,3-11H2,1-2H3,(H,20,21,22)/t17-/m0/s1. The van der Waals surface area contributed by atoms with Gasteiger partial charge < -0.3 is 15.1 Å². The molecule has 0 aromatic carbocycles. The number of likely N-dealkylation sites (tertiary alicyclic amines) is 1. The van der Waals surface area contributed by atoms with Crippen molar-refractivity contribution in [3.05, 3.63) is 17.1 Å². The molecule has 1 N–H and O–H groups in total. The number of amides is 2. The number of nitrogens with one attached hydrogen (secondary N) is 1. The monoisotopic (exact) mass is 357 g/mol. The molecule has 0 radical (unpaired) electrons. The molecule has 7 nitrogen and oxygen atoms in total. The summed E-state index contributed by atoms with van der Waals surface area (Å²) < 4.78 is 0. The Morgan fingerprint density at radius 3 is 2.58 bits per heavy atom. The number of carbonyl (C=O) groups excluding carboxylic acids is 2. The number of rotatable bonds is 3. The van der Waals surface area contributed by atoms with Crippen LogP contribution in [0.3, 0.4) is 0 Å². The molecule has 0 unspecified atom stereocenters. The molecular formula is C19H27N5O2. The van der Waals surface area contributed by atoms with Gasteiger partial charge >= 0.3 is 0 Å². The highest BCUT2D eigenvalue weighted by atomic mass is 16.2. The zero-order valence-corrected chi connectivity index (χ0v) is 15.6. The lowest BCUT2D eigenvalue weighted by Gasteiger charge is -2.29. The van der Waals surface area contributed by atoms with Crippen molar-refractivity contribution < 1.29 is 9.59 Å². The molecule has 2 fully saturated rings. The summed E-state index contributed by atoms with van der Waals surface area (Å²) in [5.74, 6) is 1.82. The summed E-state index contributed by atoms with van der Waals surface area (Å²) in [7, 11) is 0. The van der Waals surface area contributed by atoms with Crippen molar-refractivity contribution in [2.75, 3.05) is 25.0 Å². The zero-order valence-electron chi connectivity index (χ0n) is 15.6. The Morgan fingerprint density at radius 2 is 1.85 bits per heavy atom. The van der Waals surface area contributed by atoms with Gasteiger partial charge in [0.05, 0.1) is 5.69 Å². The van der Waals surface area contributed by atoms with E-state index < -0.39 is 0 Å². The highest BCUT2D eigenvalue weighted by molar-refractivity contribution is 5.87. The van der Waals surface area contributed by atoms with E-state index in [1.807, 2.05) is 11.8 Å². The summed E-state index contributed by atoms with van der Waals surface area (Å²) in [4.78, 5) is 37.8. The lowest BCUT2D eigenvalue weighted by atomic mass is 10.1. The molecule has 1 saturated heterocycles. The van der Waals surface area contributed by atoms with Gasteiger partial charge in [-0.15, -0.1) is 0 Å². The van der Waals surface area contributed by atoms with Crippen molar-refractivity contribution in [2.24, 2.45) is 0 Å². The summed E-state index contributed by atoms with van der Waals surface area (Å²) in [5, 5.41) is 3.53. The van der Waals surface area contributed by atoms with E-state index in [0.717, 1.165) is 48.6 Å². The fraction of sp³-hybridized carbons (Fsp3) is 0.684. The average molecular weight is 357 g/mol. The van der Waals surface area contributed by atoms with Crippen molar-refractivity contribution in [2.45, 2.75) is 64.5 Å². The van der Waals surface area contributed by atoms with Crippen LogP contribution in [0.4, 0.5) is 5.82 Å². The van der Waals surface area contributed by atoms with Gasteiger partial charge in [0.15, 0.2) is 0 Å². The smallest absolute Gasteiger partial charge is 0.245 e. The number of fused-ring (bicyclic) bond motifs is 1. The maximum Gasteiger partial charge on any atom is 0.245 e. The van der Waals surface area contributed by atoms with Gasteiger partial charge in [0, 0.05) is 44.6 Å². The van der Waals surface area contributed by atoms with E-state index in [2.05, 4.69) is 15.3 Å². The Kier molecular flexibility index (Phi) is 4.54. The van der Waals surface area contributed by atoms with Crippen LogP contribution in [0.1, 0.15) is 49.7 Å². The van der Waals surface area contributed by atoms with Crippen LogP contribution < -0.4 is 5.32 Å². The number of anilines is 1. The molecule has 3 aliphatic rings. The summed E-state index contributed by atoms with van der Waals surface area (Å²) in [6, 6.07) is 0.252. The molecule has 4 rings (SSSR count). The predicted molar refractivity (Wildman–Crippen MR) is 97.8 cm³/mol. The van der Waals surface area contributed by atoms with E-state index >= 15 is 0 Å². The van der Waals surface area contributed by atoms with Gasteiger partial charge in [-0.3, -0.25) is 9.59 Å². The van der Waals surface area contributed by atoms with E-state index in [4.69, 9.17) is 0 Å². The maximum absolute atomic E-state index is 13.0. The Hall–Kier alpha value is -2.18. The minimum Gasteiger partial charge on any atom is -0.367 e. The van der Waals surface area contributed by atoms with Gasteiger partial charge in [-0.1, -0.05) is 0 Å². The third kappa shape index (κ3) is 3.39. The van der Waals surface area contributed by atoms with Gasteiger partial charge in [0.2, 0.25) is 11.8 Å². The zero-order chi connectivity index (χ0) is 18.3. The lowest BCUT2D eigenvalue weighted by molar-refractivity contribution is -0.142. The van der Waals surface area contributed by atoms with Crippen molar-refractivity contribution in [3.8, 4) is 0 Å². The van der Waals surface area contributed by atoms with Crippen LogP contribution in [0, 0.1) is 6.92 Å². The predicted octanol–water partition coefficient (Wildman–Crippen LogP) is 1.30. The summed E-state index contributed by atoms with van der Waals surface area (Å²) >= 11 is 0. The molecule has 1 aromatic rings. The Labute approximate surface area is 154 Å². The summed E-state index contributed by atoms with van der Waals surface area (Å²) in [6.07, 6.45) is 5.59. The number of aromatic nitrogens is 2. The van der Waals surface area contributed by atoms with Crippen LogP contribution in [-0.2, 0) is 22.4 Å². The van der Waals surface area contributed by atoms with E-state index in [0.29, 0.717) is 25.7 Å². The number of hydrogen-bond donors (Lipinski definition) is 1. The molecule has 1 aromatic heterocycles. The highest BCUT2D eigenvalue weighted by Crippen LogP contribution is 2.29. The normalized spacial score (nSPS) is 22.8. The first-order valence-corrected chi connectivity index (χ1v) is 9.72. The maximum atomic E-state index is 13.0. The molecule has 0 bridgehead atoms. The molecule has 2 aliphatic heterocycles. The molecule has 2 amide bonds. The molecular weight excluding hydrogens is 330 g/mol. The Balaban J connectivity index is 1.51.